The molecule has 0 aliphatic carbocycles. The van der Waals surface area contributed by atoms with Crippen LogP contribution in [-0.2, 0) is 6.42 Å². The zero-order chi connectivity index (χ0) is 13.8. The Labute approximate surface area is 109 Å². The van der Waals surface area contributed by atoms with E-state index >= 15 is 0 Å². The molecule has 0 amide bonds. The minimum absolute atomic E-state index is 0.0168. The normalized spacial score (nSPS) is 11.0. The number of hydrogen-bond donors (Lipinski definition) is 4. The van der Waals surface area contributed by atoms with Crippen LogP contribution in [0.5, 0.6) is 11.5 Å². The summed E-state index contributed by atoms with van der Waals surface area (Å²) < 4.78 is 1.30. The molecule has 2 rings (SSSR count). The molecule has 8 nitrogen and oxygen atoms in total. The lowest BCUT2D eigenvalue weighted by molar-refractivity contribution is 0.450. The first-order chi connectivity index (χ1) is 9.11. The number of hydrogen-bond acceptors (Lipinski definition) is 7. The highest BCUT2D eigenvalue weighted by molar-refractivity contribution is 5.84. The fourth-order valence-corrected chi connectivity index (χ4v) is 1.44. The van der Waals surface area contributed by atoms with Gasteiger partial charge in [0.15, 0.2) is 5.82 Å². The third-order valence-electron chi connectivity index (χ3n) is 2.46. The third-order valence-corrected chi connectivity index (χ3v) is 2.46. The van der Waals surface area contributed by atoms with Gasteiger partial charge >= 0.3 is 0 Å². The summed E-state index contributed by atoms with van der Waals surface area (Å²) in [6, 6.07) is 4.20. The van der Waals surface area contributed by atoms with Gasteiger partial charge in [0.1, 0.15) is 11.5 Å². The lowest BCUT2D eigenvalue weighted by Gasteiger charge is -2.01. The van der Waals surface area contributed by atoms with Crippen LogP contribution in [0.2, 0.25) is 0 Å². The largest absolute Gasteiger partial charge is 0.508 e. The molecule has 0 spiro atoms. The number of nitrogen functional groups attached to an aromatic ring is 1. The molecule has 0 radical (unpaired) electrons. The summed E-state index contributed by atoms with van der Waals surface area (Å²) in [6.45, 7) is 1.91. The number of aromatic hydroxyl groups is 2. The van der Waals surface area contributed by atoms with Gasteiger partial charge in [0, 0.05) is 18.1 Å². The number of nitrogens with zero attached hydrogens (tertiary/aromatic N) is 4. The second-order valence-corrected chi connectivity index (χ2v) is 3.78. The molecular formula is C11H14N6O2. The quantitative estimate of drug-likeness (QED) is 0.360. The number of benzene rings is 1. The molecule has 0 unspecified atom stereocenters. The van der Waals surface area contributed by atoms with E-state index in [2.05, 4.69) is 20.7 Å². The van der Waals surface area contributed by atoms with Crippen molar-refractivity contribution in [3.8, 4) is 11.5 Å². The molecule has 2 aromatic rings. The van der Waals surface area contributed by atoms with Gasteiger partial charge in [0.25, 0.3) is 5.95 Å². The fraction of sp³-hybridized carbons (Fsp3) is 0.182. The Kier molecular flexibility index (Phi) is 3.51. The van der Waals surface area contributed by atoms with E-state index in [0.717, 1.165) is 0 Å². The summed E-state index contributed by atoms with van der Waals surface area (Å²) in [5, 5.41) is 30.3. The SMILES string of the molecule is CCc1nnc(N/N=C/c2ccc(O)cc2O)n1N. The van der Waals surface area contributed by atoms with Crippen LogP contribution in [-0.4, -0.2) is 31.3 Å². The number of rotatable bonds is 4. The van der Waals surface area contributed by atoms with Gasteiger partial charge in [-0.05, 0) is 12.1 Å². The Morgan fingerprint density at radius 2 is 2.21 bits per heavy atom. The van der Waals surface area contributed by atoms with Crippen LogP contribution in [0.4, 0.5) is 5.95 Å². The Morgan fingerprint density at radius 3 is 2.84 bits per heavy atom. The maximum atomic E-state index is 9.55. The maximum absolute atomic E-state index is 9.55. The molecule has 1 aromatic carbocycles. The number of aryl methyl sites for hydroxylation is 1. The van der Waals surface area contributed by atoms with Crippen molar-refractivity contribution in [1.82, 2.24) is 14.9 Å². The van der Waals surface area contributed by atoms with Crippen LogP contribution in [0.1, 0.15) is 18.3 Å². The standard InChI is InChI=1S/C11H14N6O2/c1-2-10-14-16-11(17(10)12)15-13-6-7-3-4-8(18)5-9(7)19/h3-6,18-19H,2,12H2,1H3,(H,15,16)/b13-6+. The third kappa shape index (κ3) is 2.73. The molecule has 0 bridgehead atoms. The smallest absolute Gasteiger partial charge is 0.263 e. The van der Waals surface area contributed by atoms with Crippen molar-refractivity contribution >= 4 is 12.2 Å². The van der Waals surface area contributed by atoms with E-state index in [4.69, 9.17) is 10.9 Å². The van der Waals surface area contributed by atoms with Crippen molar-refractivity contribution in [3.63, 3.8) is 0 Å². The van der Waals surface area contributed by atoms with Gasteiger partial charge in [-0.2, -0.15) is 5.10 Å². The molecular weight excluding hydrogens is 248 g/mol. The highest BCUT2D eigenvalue weighted by Gasteiger charge is 2.06. The molecule has 0 aliphatic heterocycles. The molecule has 0 atom stereocenters. The van der Waals surface area contributed by atoms with Gasteiger partial charge in [0.05, 0.1) is 6.21 Å². The minimum Gasteiger partial charge on any atom is -0.508 e. The van der Waals surface area contributed by atoms with Gasteiger partial charge < -0.3 is 16.1 Å². The van der Waals surface area contributed by atoms with Gasteiger partial charge in [-0.3, -0.25) is 0 Å². The minimum atomic E-state index is -0.0750. The lowest BCUT2D eigenvalue weighted by Crippen LogP contribution is -2.14. The van der Waals surface area contributed by atoms with E-state index in [1.807, 2.05) is 6.92 Å². The molecule has 0 saturated heterocycles. The Hall–Kier alpha value is -2.77. The number of nitrogens with one attached hydrogen (secondary N) is 1. The Balaban J connectivity index is 2.09. The van der Waals surface area contributed by atoms with E-state index in [9.17, 15) is 5.11 Å². The Bertz CT molecular complexity index is 607. The van der Waals surface area contributed by atoms with E-state index in [1.165, 1.54) is 29.1 Å². The van der Waals surface area contributed by atoms with Crippen LogP contribution in [0.25, 0.3) is 0 Å². The first-order valence-electron chi connectivity index (χ1n) is 5.62. The lowest BCUT2D eigenvalue weighted by atomic mass is 10.2. The molecule has 19 heavy (non-hydrogen) atoms. The molecule has 5 N–H and O–H groups in total. The number of phenolic OH excluding ortho intramolecular Hbond substituents is 2. The molecule has 0 aliphatic rings. The first-order valence-corrected chi connectivity index (χ1v) is 5.62. The van der Waals surface area contributed by atoms with E-state index in [-0.39, 0.29) is 11.5 Å². The van der Waals surface area contributed by atoms with Gasteiger partial charge in [-0.15, -0.1) is 10.2 Å². The van der Waals surface area contributed by atoms with Crippen molar-refractivity contribution < 1.29 is 10.2 Å². The van der Waals surface area contributed by atoms with E-state index < -0.39 is 0 Å². The van der Waals surface area contributed by atoms with Crippen LogP contribution >= 0.6 is 0 Å². The van der Waals surface area contributed by atoms with Crippen molar-refractivity contribution in [1.29, 1.82) is 0 Å². The average molecular weight is 262 g/mol. The van der Waals surface area contributed by atoms with Gasteiger partial charge in [-0.25, -0.2) is 10.1 Å². The summed E-state index contributed by atoms with van der Waals surface area (Å²) in [5.41, 5.74) is 3.07. The number of phenols is 2. The summed E-state index contributed by atoms with van der Waals surface area (Å²) in [4.78, 5) is 0. The molecule has 1 heterocycles. The van der Waals surface area contributed by atoms with Gasteiger partial charge in [-0.1, -0.05) is 6.92 Å². The first kappa shape index (κ1) is 12.7. The molecule has 8 heteroatoms. The zero-order valence-electron chi connectivity index (χ0n) is 10.3. The van der Waals surface area contributed by atoms with Crippen LogP contribution < -0.4 is 11.3 Å². The van der Waals surface area contributed by atoms with Crippen LogP contribution in [0, 0.1) is 0 Å². The van der Waals surface area contributed by atoms with Crippen LogP contribution in [0.15, 0.2) is 23.3 Å². The highest BCUT2D eigenvalue weighted by atomic mass is 16.3. The predicted molar refractivity (Wildman–Crippen MR) is 70.5 cm³/mol. The fourth-order valence-electron chi connectivity index (χ4n) is 1.44. The molecule has 100 valence electrons. The maximum Gasteiger partial charge on any atom is 0.263 e. The highest BCUT2D eigenvalue weighted by Crippen LogP contribution is 2.20. The number of anilines is 1. The second-order valence-electron chi connectivity index (χ2n) is 3.78. The van der Waals surface area contributed by atoms with Gasteiger partial charge in [0.2, 0.25) is 0 Å². The molecule has 0 fully saturated rings. The zero-order valence-corrected chi connectivity index (χ0v) is 10.3. The van der Waals surface area contributed by atoms with Crippen molar-refractivity contribution in [2.24, 2.45) is 5.10 Å². The van der Waals surface area contributed by atoms with Crippen molar-refractivity contribution in [3.05, 3.63) is 29.6 Å². The number of nitrogens with two attached hydrogens (primary N) is 1. The topological polar surface area (TPSA) is 122 Å². The Morgan fingerprint density at radius 1 is 1.42 bits per heavy atom. The molecule has 1 aromatic heterocycles. The van der Waals surface area contributed by atoms with Crippen LogP contribution in [0.3, 0.4) is 0 Å². The second kappa shape index (κ2) is 5.25. The number of aromatic nitrogens is 3. The monoisotopic (exact) mass is 262 g/mol. The van der Waals surface area contributed by atoms with E-state index in [1.54, 1.807) is 0 Å². The summed E-state index contributed by atoms with van der Waals surface area (Å²) in [7, 11) is 0. The number of hydrazone groups is 1. The van der Waals surface area contributed by atoms with E-state index in [0.29, 0.717) is 23.8 Å². The summed E-state index contributed by atoms with van der Waals surface area (Å²) >= 11 is 0. The average Bonchev–Trinajstić information content (AvgIpc) is 2.73. The summed E-state index contributed by atoms with van der Waals surface area (Å²) in [6.07, 6.45) is 2.04. The predicted octanol–water partition coefficient (Wildman–Crippen LogP) is 0.412. The van der Waals surface area contributed by atoms with Crippen molar-refractivity contribution in [2.45, 2.75) is 13.3 Å². The molecule has 0 saturated carbocycles. The van der Waals surface area contributed by atoms with Crippen molar-refractivity contribution in [2.75, 3.05) is 11.3 Å². The summed E-state index contributed by atoms with van der Waals surface area (Å²) in [5.74, 6) is 6.55.